The second-order valence-electron chi connectivity index (χ2n) is 6.36. The minimum absolute atomic E-state index is 0.0550. The molecule has 0 aliphatic carbocycles. The molecule has 5 heteroatoms. The number of ether oxygens (including phenoxy) is 2. The van der Waals surface area contributed by atoms with Crippen LogP contribution >= 0.6 is 0 Å². The summed E-state index contributed by atoms with van der Waals surface area (Å²) in [7, 11) is 0. The van der Waals surface area contributed by atoms with Crippen LogP contribution in [0, 0.1) is 5.92 Å². The van der Waals surface area contributed by atoms with Crippen LogP contribution in [0.25, 0.3) is 0 Å². The smallest absolute Gasteiger partial charge is 0.228 e. The standard InChI is InChI=1S/C20H24N2O3/c21-17-3-1-15(2-4-17)13-20(23)22-18-5-7-19(8-6-18)25-14-16-9-11-24-12-10-16/h1-8,16H,9-14,21H2,(H,22,23). The van der Waals surface area contributed by atoms with E-state index in [0.717, 1.165) is 43.1 Å². The van der Waals surface area contributed by atoms with E-state index in [2.05, 4.69) is 5.32 Å². The normalized spacial score (nSPS) is 14.9. The largest absolute Gasteiger partial charge is 0.493 e. The van der Waals surface area contributed by atoms with E-state index < -0.39 is 0 Å². The Morgan fingerprint density at radius 3 is 2.44 bits per heavy atom. The van der Waals surface area contributed by atoms with Crippen LogP contribution in [0.1, 0.15) is 18.4 Å². The highest BCUT2D eigenvalue weighted by atomic mass is 16.5. The van der Waals surface area contributed by atoms with Crippen molar-refractivity contribution in [1.82, 2.24) is 0 Å². The molecule has 0 saturated carbocycles. The highest BCUT2D eigenvalue weighted by Crippen LogP contribution is 2.20. The van der Waals surface area contributed by atoms with Gasteiger partial charge >= 0.3 is 0 Å². The zero-order valence-corrected chi connectivity index (χ0v) is 14.2. The predicted octanol–water partition coefficient (Wildman–Crippen LogP) is 3.26. The van der Waals surface area contributed by atoms with E-state index in [1.165, 1.54) is 0 Å². The first-order valence-corrected chi connectivity index (χ1v) is 8.64. The van der Waals surface area contributed by atoms with Crippen LogP contribution < -0.4 is 15.8 Å². The van der Waals surface area contributed by atoms with Gasteiger partial charge in [-0.2, -0.15) is 0 Å². The number of nitrogens with two attached hydrogens (primary N) is 1. The van der Waals surface area contributed by atoms with Gasteiger partial charge in [-0.1, -0.05) is 12.1 Å². The van der Waals surface area contributed by atoms with E-state index in [1.807, 2.05) is 36.4 Å². The number of nitrogen functional groups attached to an aromatic ring is 1. The molecule has 2 aromatic carbocycles. The molecule has 1 aliphatic rings. The summed E-state index contributed by atoms with van der Waals surface area (Å²) in [6.07, 6.45) is 2.43. The van der Waals surface area contributed by atoms with E-state index in [9.17, 15) is 4.79 Å². The first kappa shape index (κ1) is 17.3. The van der Waals surface area contributed by atoms with Gasteiger partial charge in [-0.15, -0.1) is 0 Å². The number of carbonyl (C=O) groups excluding carboxylic acids is 1. The maximum absolute atomic E-state index is 12.1. The summed E-state index contributed by atoms with van der Waals surface area (Å²) in [4.78, 5) is 12.1. The Labute approximate surface area is 148 Å². The van der Waals surface area contributed by atoms with Gasteiger partial charge in [-0.3, -0.25) is 4.79 Å². The van der Waals surface area contributed by atoms with E-state index >= 15 is 0 Å². The summed E-state index contributed by atoms with van der Waals surface area (Å²) < 4.78 is 11.2. The van der Waals surface area contributed by atoms with Crippen molar-refractivity contribution in [2.45, 2.75) is 19.3 Å². The van der Waals surface area contributed by atoms with Gasteiger partial charge in [0.15, 0.2) is 0 Å². The third-order valence-corrected chi connectivity index (χ3v) is 4.31. The topological polar surface area (TPSA) is 73.6 Å². The molecule has 0 bridgehead atoms. The molecule has 1 fully saturated rings. The van der Waals surface area contributed by atoms with Gasteiger partial charge in [-0.25, -0.2) is 0 Å². The maximum Gasteiger partial charge on any atom is 0.228 e. The Hall–Kier alpha value is -2.53. The fourth-order valence-electron chi connectivity index (χ4n) is 2.79. The first-order chi connectivity index (χ1) is 12.2. The van der Waals surface area contributed by atoms with Crippen LogP contribution in [0.2, 0.25) is 0 Å². The van der Waals surface area contributed by atoms with Gasteiger partial charge < -0.3 is 20.5 Å². The lowest BCUT2D eigenvalue weighted by atomic mass is 10.0. The molecule has 0 spiro atoms. The monoisotopic (exact) mass is 340 g/mol. The summed E-state index contributed by atoms with van der Waals surface area (Å²) >= 11 is 0. The molecule has 2 aromatic rings. The average Bonchev–Trinajstić information content (AvgIpc) is 2.64. The molecule has 0 atom stereocenters. The van der Waals surface area contributed by atoms with Crippen LogP contribution in [-0.4, -0.2) is 25.7 Å². The van der Waals surface area contributed by atoms with Crippen molar-refractivity contribution in [1.29, 1.82) is 0 Å². The van der Waals surface area contributed by atoms with Gasteiger partial charge in [0.25, 0.3) is 0 Å². The molecule has 3 rings (SSSR count). The lowest BCUT2D eigenvalue weighted by Crippen LogP contribution is -2.21. The van der Waals surface area contributed by atoms with Gasteiger partial charge in [-0.05, 0) is 60.7 Å². The number of rotatable bonds is 6. The molecule has 25 heavy (non-hydrogen) atoms. The zero-order chi connectivity index (χ0) is 17.5. The molecule has 0 unspecified atom stereocenters. The third kappa shape index (κ3) is 5.50. The van der Waals surface area contributed by atoms with Gasteiger partial charge in [0.1, 0.15) is 5.75 Å². The third-order valence-electron chi connectivity index (χ3n) is 4.31. The number of carbonyl (C=O) groups is 1. The van der Waals surface area contributed by atoms with Crippen LogP contribution in [0.15, 0.2) is 48.5 Å². The van der Waals surface area contributed by atoms with Crippen molar-refractivity contribution >= 4 is 17.3 Å². The first-order valence-electron chi connectivity index (χ1n) is 8.64. The van der Waals surface area contributed by atoms with E-state index in [-0.39, 0.29) is 5.91 Å². The molecule has 1 saturated heterocycles. The van der Waals surface area contributed by atoms with Gasteiger partial charge in [0, 0.05) is 24.6 Å². The minimum Gasteiger partial charge on any atom is -0.493 e. The molecule has 1 amide bonds. The summed E-state index contributed by atoms with van der Waals surface area (Å²) in [5.41, 5.74) is 8.04. The Bertz CT molecular complexity index is 677. The van der Waals surface area contributed by atoms with Crippen LogP contribution in [0.4, 0.5) is 11.4 Å². The Balaban J connectivity index is 1.46. The van der Waals surface area contributed by atoms with Crippen molar-refractivity contribution < 1.29 is 14.3 Å². The summed E-state index contributed by atoms with van der Waals surface area (Å²) in [6, 6.07) is 14.8. The number of amides is 1. The molecule has 5 nitrogen and oxygen atoms in total. The molecule has 132 valence electrons. The molecule has 3 N–H and O–H groups in total. The second kappa shape index (κ2) is 8.53. The SMILES string of the molecule is Nc1ccc(CC(=O)Nc2ccc(OCC3CCOCC3)cc2)cc1. The number of nitrogens with one attached hydrogen (secondary N) is 1. The lowest BCUT2D eigenvalue weighted by Gasteiger charge is -2.22. The molecule has 1 heterocycles. The van der Waals surface area contributed by atoms with E-state index in [0.29, 0.717) is 24.6 Å². The lowest BCUT2D eigenvalue weighted by molar-refractivity contribution is -0.115. The number of hydrogen-bond acceptors (Lipinski definition) is 4. The average molecular weight is 340 g/mol. The van der Waals surface area contributed by atoms with Crippen molar-refractivity contribution in [3.63, 3.8) is 0 Å². The van der Waals surface area contributed by atoms with Crippen molar-refractivity contribution in [2.75, 3.05) is 30.9 Å². The molecule has 0 radical (unpaired) electrons. The second-order valence-corrected chi connectivity index (χ2v) is 6.36. The van der Waals surface area contributed by atoms with Crippen molar-refractivity contribution in [2.24, 2.45) is 5.92 Å². The maximum atomic E-state index is 12.1. The summed E-state index contributed by atoms with van der Waals surface area (Å²) in [6.45, 7) is 2.37. The highest BCUT2D eigenvalue weighted by Gasteiger charge is 2.14. The molecular formula is C20H24N2O3. The van der Waals surface area contributed by atoms with Crippen molar-refractivity contribution in [3.8, 4) is 5.75 Å². The quantitative estimate of drug-likeness (QED) is 0.792. The Morgan fingerprint density at radius 2 is 1.76 bits per heavy atom. The Morgan fingerprint density at radius 1 is 1.08 bits per heavy atom. The van der Waals surface area contributed by atoms with Gasteiger partial charge in [0.2, 0.25) is 5.91 Å². The fraction of sp³-hybridized carbons (Fsp3) is 0.350. The summed E-state index contributed by atoms with van der Waals surface area (Å²) in [5, 5.41) is 2.90. The van der Waals surface area contributed by atoms with E-state index in [4.69, 9.17) is 15.2 Å². The van der Waals surface area contributed by atoms with Crippen LogP contribution in [-0.2, 0) is 16.0 Å². The number of hydrogen-bond donors (Lipinski definition) is 2. The zero-order valence-electron chi connectivity index (χ0n) is 14.2. The van der Waals surface area contributed by atoms with Crippen LogP contribution in [0.3, 0.4) is 0 Å². The summed E-state index contributed by atoms with van der Waals surface area (Å²) in [5.74, 6) is 1.33. The molecule has 1 aliphatic heterocycles. The molecule has 0 aromatic heterocycles. The van der Waals surface area contributed by atoms with E-state index in [1.54, 1.807) is 12.1 Å². The minimum atomic E-state index is -0.0550. The van der Waals surface area contributed by atoms with Gasteiger partial charge in [0.05, 0.1) is 13.0 Å². The fourth-order valence-corrected chi connectivity index (χ4v) is 2.79. The van der Waals surface area contributed by atoms with Crippen LogP contribution in [0.5, 0.6) is 5.75 Å². The Kier molecular flexibility index (Phi) is 5.90. The number of benzene rings is 2. The number of anilines is 2. The highest BCUT2D eigenvalue weighted by molar-refractivity contribution is 5.92. The van der Waals surface area contributed by atoms with Crippen molar-refractivity contribution in [3.05, 3.63) is 54.1 Å². The molecular weight excluding hydrogens is 316 g/mol. The predicted molar refractivity (Wildman–Crippen MR) is 98.7 cm³/mol.